The van der Waals surface area contributed by atoms with Crippen molar-refractivity contribution >= 4 is 0 Å². The van der Waals surface area contributed by atoms with E-state index in [-0.39, 0.29) is 0 Å². The normalized spacial score (nSPS) is 25.4. The zero-order chi connectivity index (χ0) is 11.1. The summed E-state index contributed by atoms with van der Waals surface area (Å²) in [5.74, 6) is 0. The molecule has 1 aliphatic rings. The van der Waals surface area contributed by atoms with Gasteiger partial charge in [0, 0.05) is 12.1 Å². The SMILES string of the molecule is CCC1CCCCN1C(C)CCCNC. The van der Waals surface area contributed by atoms with Gasteiger partial charge in [0.2, 0.25) is 0 Å². The molecule has 2 nitrogen and oxygen atoms in total. The molecule has 0 aromatic heterocycles. The van der Waals surface area contributed by atoms with Crippen LogP contribution in [0.2, 0.25) is 0 Å². The van der Waals surface area contributed by atoms with E-state index in [1.54, 1.807) is 0 Å². The molecule has 0 bridgehead atoms. The second-order valence-corrected chi connectivity index (χ2v) is 4.89. The lowest BCUT2D eigenvalue weighted by Gasteiger charge is -2.39. The smallest absolute Gasteiger partial charge is 0.00954 e. The minimum Gasteiger partial charge on any atom is -0.320 e. The van der Waals surface area contributed by atoms with E-state index in [1.807, 2.05) is 7.05 Å². The van der Waals surface area contributed by atoms with Crippen molar-refractivity contribution < 1.29 is 0 Å². The van der Waals surface area contributed by atoms with Gasteiger partial charge in [0.05, 0.1) is 0 Å². The number of hydrogen-bond acceptors (Lipinski definition) is 2. The molecule has 0 spiro atoms. The van der Waals surface area contributed by atoms with E-state index in [0.29, 0.717) is 0 Å². The molecule has 0 saturated carbocycles. The molecule has 2 atom stereocenters. The van der Waals surface area contributed by atoms with Crippen LogP contribution in [0.1, 0.15) is 52.4 Å². The van der Waals surface area contributed by atoms with Crippen molar-refractivity contribution in [2.45, 2.75) is 64.5 Å². The number of likely N-dealkylation sites (tertiary alicyclic amines) is 1. The topological polar surface area (TPSA) is 15.3 Å². The Hall–Kier alpha value is -0.0800. The summed E-state index contributed by atoms with van der Waals surface area (Å²) >= 11 is 0. The summed E-state index contributed by atoms with van der Waals surface area (Å²) < 4.78 is 0. The largest absolute Gasteiger partial charge is 0.320 e. The van der Waals surface area contributed by atoms with Crippen LogP contribution in [0.4, 0.5) is 0 Å². The molecular weight excluding hydrogens is 184 g/mol. The highest BCUT2D eigenvalue weighted by Crippen LogP contribution is 2.23. The van der Waals surface area contributed by atoms with Gasteiger partial charge in [0.15, 0.2) is 0 Å². The van der Waals surface area contributed by atoms with Gasteiger partial charge in [-0.1, -0.05) is 13.3 Å². The molecule has 0 aliphatic carbocycles. The number of hydrogen-bond donors (Lipinski definition) is 1. The maximum Gasteiger partial charge on any atom is 0.00954 e. The molecule has 1 aliphatic heterocycles. The van der Waals surface area contributed by atoms with Gasteiger partial charge in [-0.05, 0) is 59.2 Å². The Bertz CT molecular complexity index is 159. The highest BCUT2D eigenvalue weighted by atomic mass is 15.2. The summed E-state index contributed by atoms with van der Waals surface area (Å²) in [5, 5.41) is 3.23. The lowest BCUT2D eigenvalue weighted by Crippen LogP contribution is -2.44. The van der Waals surface area contributed by atoms with Crippen LogP contribution >= 0.6 is 0 Å². The first kappa shape index (κ1) is 13.0. The molecule has 2 heteroatoms. The molecule has 1 N–H and O–H groups in total. The first-order chi connectivity index (χ1) is 7.29. The number of rotatable bonds is 6. The van der Waals surface area contributed by atoms with Crippen LogP contribution < -0.4 is 5.32 Å². The Morgan fingerprint density at radius 3 is 2.87 bits per heavy atom. The summed E-state index contributed by atoms with van der Waals surface area (Å²) in [6.07, 6.45) is 8.26. The van der Waals surface area contributed by atoms with Crippen molar-refractivity contribution in [3.05, 3.63) is 0 Å². The summed E-state index contributed by atoms with van der Waals surface area (Å²) in [6.45, 7) is 7.24. The summed E-state index contributed by atoms with van der Waals surface area (Å²) in [6, 6.07) is 1.65. The highest BCUT2D eigenvalue weighted by molar-refractivity contribution is 4.80. The monoisotopic (exact) mass is 212 g/mol. The Kier molecular flexibility index (Phi) is 6.26. The van der Waals surface area contributed by atoms with E-state index < -0.39 is 0 Å². The fourth-order valence-corrected chi connectivity index (χ4v) is 2.78. The molecular formula is C13H28N2. The predicted octanol–water partition coefficient (Wildman–Crippen LogP) is 2.64. The van der Waals surface area contributed by atoms with Gasteiger partial charge in [-0.3, -0.25) is 4.90 Å². The first-order valence-corrected chi connectivity index (χ1v) is 6.70. The Morgan fingerprint density at radius 2 is 2.20 bits per heavy atom. The molecule has 90 valence electrons. The van der Waals surface area contributed by atoms with Gasteiger partial charge in [-0.25, -0.2) is 0 Å². The molecule has 1 rings (SSSR count). The van der Waals surface area contributed by atoms with Gasteiger partial charge in [0.1, 0.15) is 0 Å². The third-order valence-electron chi connectivity index (χ3n) is 3.76. The van der Waals surface area contributed by atoms with Crippen LogP contribution in [0.15, 0.2) is 0 Å². The molecule has 1 heterocycles. The van der Waals surface area contributed by atoms with Crippen LogP contribution in [0.5, 0.6) is 0 Å². The van der Waals surface area contributed by atoms with Crippen LogP contribution in [0.25, 0.3) is 0 Å². The lowest BCUT2D eigenvalue weighted by atomic mass is 9.97. The fraction of sp³-hybridized carbons (Fsp3) is 1.00. The quantitative estimate of drug-likeness (QED) is 0.681. The van der Waals surface area contributed by atoms with E-state index in [4.69, 9.17) is 0 Å². The molecule has 0 radical (unpaired) electrons. The van der Waals surface area contributed by atoms with Gasteiger partial charge >= 0.3 is 0 Å². The van der Waals surface area contributed by atoms with Crippen molar-refractivity contribution in [1.29, 1.82) is 0 Å². The van der Waals surface area contributed by atoms with Crippen molar-refractivity contribution in [3.63, 3.8) is 0 Å². The van der Waals surface area contributed by atoms with E-state index in [2.05, 4.69) is 24.1 Å². The zero-order valence-corrected chi connectivity index (χ0v) is 10.8. The van der Waals surface area contributed by atoms with Crippen LogP contribution in [0, 0.1) is 0 Å². The Balaban J connectivity index is 2.31. The molecule has 0 amide bonds. The van der Waals surface area contributed by atoms with Gasteiger partial charge in [0.25, 0.3) is 0 Å². The first-order valence-electron chi connectivity index (χ1n) is 6.70. The number of piperidine rings is 1. The minimum absolute atomic E-state index is 0.781. The average Bonchev–Trinajstić information content (AvgIpc) is 2.29. The second-order valence-electron chi connectivity index (χ2n) is 4.89. The molecule has 1 saturated heterocycles. The van der Waals surface area contributed by atoms with Crippen LogP contribution in [-0.4, -0.2) is 37.1 Å². The molecule has 1 fully saturated rings. The zero-order valence-electron chi connectivity index (χ0n) is 10.8. The predicted molar refractivity (Wildman–Crippen MR) is 67.3 cm³/mol. The van der Waals surface area contributed by atoms with Crippen LogP contribution in [0.3, 0.4) is 0 Å². The minimum atomic E-state index is 0.781. The van der Waals surface area contributed by atoms with Crippen molar-refractivity contribution in [2.75, 3.05) is 20.1 Å². The van der Waals surface area contributed by atoms with Gasteiger partial charge < -0.3 is 5.32 Å². The highest BCUT2D eigenvalue weighted by Gasteiger charge is 2.24. The van der Waals surface area contributed by atoms with Crippen molar-refractivity contribution in [1.82, 2.24) is 10.2 Å². The summed E-state index contributed by atoms with van der Waals surface area (Å²) in [5.41, 5.74) is 0. The Labute approximate surface area is 95.4 Å². The second kappa shape index (κ2) is 7.24. The maximum atomic E-state index is 3.23. The third kappa shape index (κ3) is 4.12. The van der Waals surface area contributed by atoms with E-state index >= 15 is 0 Å². The molecule has 15 heavy (non-hydrogen) atoms. The summed E-state index contributed by atoms with van der Waals surface area (Å²) in [7, 11) is 2.04. The Morgan fingerprint density at radius 1 is 1.40 bits per heavy atom. The van der Waals surface area contributed by atoms with E-state index in [9.17, 15) is 0 Å². The fourth-order valence-electron chi connectivity index (χ4n) is 2.78. The third-order valence-corrected chi connectivity index (χ3v) is 3.76. The molecule has 0 aromatic rings. The van der Waals surface area contributed by atoms with Gasteiger partial charge in [-0.15, -0.1) is 0 Å². The molecule has 2 unspecified atom stereocenters. The van der Waals surface area contributed by atoms with Crippen molar-refractivity contribution in [2.24, 2.45) is 0 Å². The summed E-state index contributed by atoms with van der Waals surface area (Å²) in [4.78, 5) is 2.75. The van der Waals surface area contributed by atoms with Gasteiger partial charge in [-0.2, -0.15) is 0 Å². The maximum absolute atomic E-state index is 3.23. The lowest BCUT2D eigenvalue weighted by molar-refractivity contribution is 0.0944. The van der Waals surface area contributed by atoms with E-state index in [0.717, 1.165) is 18.6 Å². The average molecular weight is 212 g/mol. The standard InChI is InChI=1S/C13H28N2/c1-4-13-9-5-6-11-15(13)12(2)8-7-10-14-3/h12-14H,4-11H2,1-3H3. The number of nitrogens with one attached hydrogen (secondary N) is 1. The van der Waals surface area contributed by atoms with Crippen molar-refractivity contribution in [3.8, 4) is 0 Å². The molecule has 0 aromatic carbocycles. The van der Waals surface area contributed by atoms with E-state index in [1.165, 1.54) is 45.1 Å². The number of nitrogens with zero attached hydrogens (tertiary/aromatic N) is 1. The van der Waals surface area contributed by atoms with Crippen LogP contribution in [-0.2, 0) is 0 Å².